The van der Waals surface area contributed by atoms with Crippen LogP contribution < -0.4 is 0 Å². The summed E-state index contributed by atoms with van der Waals surface area (Å²) in [5.41, 5.74) is 1.11. The highest BCUT2D eigenvalue weighted by Crippen LogP contribution is 2.69. The monoisotopic (exact) mass is 444 g/mol. The molecule has 4 fully saturated rings. The first-order valence-corrected chi connectivity index (χ1v) is 14.9. The molecular weight excluding hydrogens is 388 g/mol. The van der Waals surface area contributed by atoms with Gasteiger partial charge in [0.05, 0.1) is 6.10 Å². The molecular formula is C31H56O. The lowest BCUT2D eigenvalue weighted by molar-refractivity contribution is -0.154. The van der Waals surface area contributed by atoms with Gasteiger partial charge in [-0.1, -0.05) is 73.6 Å². The van der Waals surface area contributed by atoms with E-state index >= 15 is 0 Å². The van der Waals surface area contributed by atoms with Crippen LogP contribution in [0.3, 0.4) is 0 Å². The van der Waals surface area contributed by atoms with E-state index in [-0.39, 0.29) is 6.10 Å². The highest BCUT2D eigenvalue weighted by Gasteiger charge is 2.61. The first-order chi connectivity index (χ1) is 15.2. The fourth-order valence-electron chi connectivity index (χ4n) is 10.4. The third-order valence-electron chi connectivity index (χ3n) is 12.0. The predicted octanol–water partition coefficient (Wildman–Crippen LogP) is 8.88. The van der Waals surface area contributed by atoms with Gasteiger partial charge < -0.3 is 5.11 Å². The van der Waals surface area contributed by atoms with Crippen molar-refractivity contribution < 1.29 is 5.11 Å². The molecule has 4 unspecified atom stereocenters. The molecule has 0 saturated heterocycles. The molecule has 186 valence electrons. The first-order valence-electron chi connectivity index (χ1n) is 14.9. The number of rotatable bonds is 8. The second-order valence-corrected chi connectivity index (χ2v) is 14.0. The molecule has 0 aromatic heterocycles. The molecule has 4 rings (SSSR count). The molecule has 0 radical (unpaired) electrons. The Hall–Kier alpha value is -0.0400. The summed E-state index contributed by atoms with van der Waals surface area (Å²) in [6.07, 6.45) is 19.4. The molecule has 32 heavy (non-hydrogen) atoms. The van der Waals surface area contributed by atoms with Crippen LogP contribution in [0.5, 0.6) is 0 Å². The second-order valence-electron chi connectivity index (χ2n) is 14.0. The van der Waals surface area contributed by atoms with Crippen molar-refractivity contribution in [2.75, 3.05) is 0 Å². The summed E-state index contributed by atoms with van der Waals surface area (Å²) in [6, 6.07) is 0. The van der Waals surface area contributed by atoms with E-state index in [2.05, 4.69) is 41.5 Å². The summed E-state index contributed by atoms with van der Waals surface area (Å²) in [4.78, 5) is 0. The number of hydrogen-bond donors (Lipinski definition) is 1. The number of fused-ring (bicyclic) bond motifs is 5. The second kappa shape index (κ2) is 9.91. The molecule has 1 N–H and O–H groups in total. The third kappa shape index (κ3) is 4.35. The number of aliphatic hydroxyl groups excluding tert-OH is 1. The molecule has 0 aliphatic heterocycles. The minimum Gasteiger partial charge on any atom is -0.393 e. The van der Waals surface area contributed by atoms with Gasteiger partial charge in [0, 0.05) is 0 Å². The van der Waals surface area contributed by atoms with Crippen LogP contribution in [0.15, 0.2) is 0 Å². The van der Waals surface area contributed by atoms with Gasteiger partial charge in [0.1, 0.15) is 0 Å². The summed E-state index contributed by atoms with van der Waals surface area (Å²) in [5.74, 6) is 7.01. The molecule has 0 heterocycles. The molecule has 10 atom stereocenters. The maximum atomic E-state index is 10.9. The van der Waals surface area contributed by atoms with Gasteiger partial charge in [0.25, 0.3) is 0 Å². The van der Waals surface area contributed by atoms with Gasteiger partial charge in [0.2, 0.25) is 0 Å². The molecule has 0 spiro atoms. The van der Waals surface area contributed by atoms with Crippen molar-refractivity contribution in [2.24, 2.45) is 58.2 Å². The molecule has 0 aromatic rings. The Labute approximate surface area is 200 Å². The molecule has 1 heteroatoms. The SMILES string of the molecule is CCCC[C@H]1C2CCC3C(CC[C@@]4(C)C3CC[C@@H]4[C@H](C)CCCC(C)C)[C@@]2(C)CC[C@H]1O. The molecule has 4 saturated carbocycles. The smallest absolute Gasteiger partial charge is 0.0571 e. The van der Waals surface area contributed by atoms with E-state index in [1.54, 1.807) is 0 Å². The Morgan fingerprint density at radius 2 is 1.47 bits per heavy atom. The van der Waals surface area contributed by atoms with Gasteiger partial charge in [-0.15, -0.1) is 0 Å². The molecule has 1 nitrogen and oxygen atoms in total. The van der Waals surface area contributed by atoms with Crippen LogP contribution in [-0.2, 0) is 0 Å². The number of unbranched alkanes of at least 4 members (excludes halogenated alkanes) is 1. The Balaban J connectivity index is 1.47. The van der Waals surface area contributed by atoms with E-state index < -0.39 is 0 Å². The van der Waals surface area contributed by atoms with Crippen LogP contribution in [0.25, 0.3) is 0 Å². The van der Waals surface area contributed by atoms with Crippen LogP contribution in [0.4, 0.5) is 0 Å². The van der Waals surface area contributed by atoms with Crippen molar-refractivity contribution >= 4 is 0 Å². The summed E-state index contributed by atoms with van der Waals surface area (Å²) in [6.45, 7) is 15.1. The average molecular weight is 445 g/mol. The lowest BCUT2D eigenvalue weighted by Crippen LogP contribution is -2.56. The van der Waals surface area contributed by atoms with E-state index in [4.69, 9.17) is 0 Å². The molecule has 4 aliphatic rings. The number of aliphatic hydroxyl groups is 1. The quantitative estimate of drug-likeness (QED) is 0.396. The average Bonchev–Trinajstić information content (AvgIpc) is 3.10. The minimum atomic E-state index is -0.0208. The molecule has 4 aliphatic carbocycles. The van der Waals surface area contributed by atoms with Crippen LogP contribution in [0, 0.1) is 58.2 Å². The summed E-state index contributed by atoms with van der Waals surface area (Å²) < 4.78 is 0. The van der Waals surface area contributed by atoms with Crippen LogP contribution in [-0.4, -0.2) is 11.2 Å². The normalized spacial score (nSPS) is 47.1. The molecule has 0 aromatic carbocycles. The lowest BCUT2D eigenvalue weighted by atomic mass is 9.42. The fourth-order valence-corrected chi connectivity index (χ4v) is 10.4. The topological polar surface area (TPSA) is 20.2 Å². The van der Waals surface area contributed by atoms with Gasteiger partial charge in [-0.3, -0.25) is 0 Å². The van der Waals surface area contributed by atoms with Crippen molar-refractivity contribution in [1.29, 1.82) is 0 Å². The van der Waals surface area contributed by atoms with Gasteiger partial charge in [-0.05, 0) is 116 Å². The van der Waals surface area contributed by atoms with E-state index in [0.717, 1.165) is 47.8 Å². The van der Waals surface area contributed by atoms with Crippen LogP contribution in [0.2, 0.25) is 0 Å². The van der Waals surface area contributed by atoms with Crippen LogP contribution >= 0.6 is 0 Å². The van der Waals surface area contributed by atoms with Gasteiger partial charge in [-0.25, -0.2) is 0 Å². The highest BCUT2D eigenvalue weighted by molar-refractivity contribution is 5.10. The predicted molar refractivity (Wildman–Crippen MR) is 137 cm³/mol. The Morgan fingerprint density at radius 1 is 0.781 bits per heavy atom. The maximum absolute atomic E-state index is 10.9. The van der Waals surface area contributed by atoms with Crippen molar-refractivity contribution in [3.63, 3.8) is 0 Å². The number of hydrogen-bond acceptors (Lipinski definition) is 1. The van der Waals surface area contributed by atoms with Crippen molar-refractivity contribution in [1.82, 2.24) is 0 Å². The maximum Gasteiger partial charge on any atom is 0.0571 e. The largest absolute Gasteiger partial charge is 0.393 e. The Morgan fingerprint density at radius 3 is 2.19 bits per heavy atom. The zero-order chi connectivity index (χ0) is 23.1. The van der Waals surface area contributed by atoms with Gasteiger partial charge >= 0.3 is 0 Å². The zero-order valence-corrected chi connectivity index (χ0v) is 22.5. The summed E-state index contributed by atoms with van der Waals surface area (Å²) >= 11 is 0. The van der Waals surface area contributed by atoms with Gasteiger partial charge in [0.15, 0.2) is 0 Å². The third-order valence-corrected chi connectivity index (χ3v) is 12.0. The highest BCUT2D eigenvalue weighted by atomic mass is 16.3. The van der Waals surface area contributed by atoms with Crippen molar-refractivity contribution in [3.8, 4) is 0 Å². The fraction of sp³-hybridized carbons (Fsp3) is 1.00. The minimum absolute atomic E-state index is 0.0208. The Kier molecular flexibility index (Phi) is 7.76. The van der Waals surface area contributed by atoms with Crippen LogP contribution in [0.1, 0.15) is 131 Å². The lowest BCUT2D eigenvalue weighted by Gasteiger charge is -2.63. The van der Waals surface area contributed by atoms with Crippen molar-refractivity contribution in [3.05, 3.63) is 0 Å². The standard InChI is InChI=1S/C31H56O/c1-7-8-12-24-27-14-13-23-26-16-15-25(22(4)11-9-10-21(2)3)30(26,5)19-17-28(23)31(27,6)20-18-29(24)32/h21-29,32H,7-20H2,1-6H3/t22-,23?,24+,25-,26?,27?,28?,29-,30-,31+/m1/s1. The zero-order valence-electron chi connectivity index (χ0n) is 22.5. The first kappa shape index (κ1) is 25.1. The van der Waals surface area contributed by atoms with Crippen molar-refractivity contribution in [2.45, 2.75) is 138 Å². The molecule has 0 amide bonds. The van der Waals surface area contributed by atoms with E-state index in [1.165, 1.54) is 83.5 Å². The van der Waals surface area contributed by atoms with E-state index in [9.17, 15) is 5.11 Å². The van der Waals surface area contributed by atoms with E-state index in [0.29, 0.717) is 16.7 Å². The van der Waals surface area contributed by atoms with Gasteiger partial charge in [-0.2, -0.15) is 0 Å². The van der Waals surface area contributed by atoms with E-state index in [1.807, 2.05) is 0 Å². The summed E-state index contributed by atoms with van der Waals surface area (Å²) in [7, 11) is 0. The summed E-state index contributed by atoms with van der Waals surface area (Å²) in [5, 5.41) is 10.9. The Bertz CT molecular complexity index is 612. The molecule has 0 bridgehead atoms.